The highest BCUT2D eigenvalue weighted by molar-refractivity contribution is 8.00. The molecule has 0 aliphatic heterocycles. The first-order valence-corrected chi connectivity index (χ1v) is 12.2. The lowest BCUT2D eigenvalue weighted by Crippen LogP contribution is -2.28. The fourth-order valence-corrected chi connectivity index (χ4v) is 4.44. The van der Waals surface area contributed by atoms with Crippen molar-refractivity contribution in [1.82, 2.24) is 9.55 Å². The fraction of sp³-hybridized carbons (Fsp3) is 0.250. The van der Waals surface area contributed by atoms with E-state index in [9.17, 15) is 18.0 Å². The Balaban J connectivity index is 1.85. The zero-order chi connectivity index (χ0) is 23.5. The van der Waals surface area contributed by atoms with Gasteiger partial charge in [-0.25, -0.2) is 18.5 Å². The van der Waals surface area contributed by atoms with Crippen molar-refractivity contribution in [1.29, 1.82) is 0 Å². The van der Waals surface area contributed by atoms with E-state index >= 15 is 0 Å². The van der Waals surface area contributed by atoms with Gasteiger partial charge in [0.1, 0.15) is 0 Å². The largest absolute Gasteiger partial charge is 0.383 e. The van der Waals surface area contributed by atoms with Gasteiger partial charge in [-0.2, -0.15) is 0 Å². The van der Waals surface area contributed by atoms with Crippen molar-refractivity contribution in [2.75, 3.05) is 19.0 Å². The van der Waals surface area contributed by atoms with E-state index in [1.807, 2.05) is 0 Å². The fourth-order valence-electron chi connectivity index (χ4n) is 2.83. The zero-order valence-corrected chi connectivity index (χ0v) is 19.6. The number of fused-ring (bicyclic) bond motifs is 1. The van der Waals surface area contributed by atoms with Crippen LogP contribution in [0.5, 0.6) is 0 Å². The molecule has 1 amide bonds. The number of nitrogens with two attached hydrogens (primary N) is 1. The number of hydrogen-bond acceptors (Lipinski definition) is 7. The van der Waals surface area contributed by atoms with E-state index in [0.29, 0.717) is 33.4 Å². The van der Waals surface area contributed by atoms with E-state index in [-0.39, 0.29) is 22.9 Å². The Hall–Kier alpha value is -2.44. The molecule has 3 aromatic rings. The summed E-state index contributed by atoms with van der Waals surface area (Å²) in [7, 11) is -2.29. The lowest BCUT2D eigenvalue weighted by Gasteiger charge is -2.16. The number of aromatic nitrogens is 2. The number of methoxy groups -OCH3 is 1. The summed E-state index contributed by atoms with van der Waals surface area (Å²) in [6, 6.07) is 10.3. The molecule has 0 radical (unpaired) electrons. The molecule has 12 heteroatoms. The number of rotatable bonds is 8. The predicted molar refractivity (Wildman–Crippen MR) is 125 cm³/mol. The van der Waals surface area contributed by atoms with Crippen molar-refractivity contribution in [3.63, 3.8) is 0 Å². The molecule has 9 nitrogen and oxygen atoms in total. The summed E-state index contributed by atoms with van der Waals surface area (Å²) < 4.78 is 29.3. The van der Waals surface area contributed by atoms with Gasteiger partial charge >= 0.3 is 0 Å². The van der Waals surface area contributed by atoms with E-state index in [1.165, 1.54) is 35.9 Å². The molecule has 1 heterocycles. The third-order valence-electron chi connectivity index (χ3n) is 4.50. The van der Waals surface area contributed by atoms with Gasteiger partial charge in [0, 0.05) is 17.8 Å². The Labute approximate surface area is 194 Å². The Kier molecular flexibility index (Phi) is 7.57. The van der Waals surface area contributed by atoms with Crippen LogP contribution >= 0.6 is 23.4 Å². The molecule has 1 atom stereocenters. The van der Waals surface area contributed by atoms with Gasteiger partial charge in [0.15, 0.2) is 5.16 Å². The topological polar surface area (TPSA) is 133 Å². The molecule has 1 unspecified atom stereocenters. The quantitative estimate of drug-likeness (QED) is 0.361. The van der Waals surface area contributed by atoms with E-state index in [4.69, 9.17) is 21.5 Å². The van der Waals surface area contributed by atoms with Crippen LogP contribution in [-0.2, 0) is 26.1 Å². The lowest BCUT2D eigenvalue weighted by molar-refractivity contribution is -0.115. The SMILES string of the molecule is COCCn1c(SC(C)C(=O)Nc2ccc(S(N)(=O)=O)cc2)nc2cc(Cl)ccc2c1=O. The predicted octanol–water partition coefficient (Wildman–Crippen LogP) is 2.46. The second kappa shape index (κ2) is 10.0. The number of nitrogens with one attached hydrogen (secondary N) is 1. The second-order valence-corrected chi connectivity index (χ2v) is 10.1. The molecule has 3 rings (SSSR count). The van der Waals surface area contributed by atoms with Gasteiger partial charge in [-0.15, -0.1) is 0 Å². The highest BCUT2D eigenvalue weighted by Crippen LogP contribution is 2.25. The van der Waals surface area contributed by atoms with Gasteiger partial charge in [-0.3, -0.25) is 14.2 Å². The number of ether oxygens (including phenoxy) is 1. The van der Waals surface area contributed by atoms with Crippen molar-refractivity contribution in [2.24, 2.45) is 5.14 Å². The number of primary sulfonamides is 1. The lowest BCUT2D eigenvalue weighted by atomic mass is 10.2. The molecule has 0 saturated carbocycles. The van der Waals surface area contributed by atoms with E-state index in [2.05, 4.69) is 10.3 Å². The van der Waals surface area contributed by atoms with Crippen molar-refractivity contribution in [3.8, 4) is 0 Å². The Morgan fingerprint density at radius 1 is 1.28 bits per heavy atom. The molecule has 2 aromatic carbocycles. The summed E-state index contributed by atoms with van der Waals surface area (Å²) in [4.78, 5) is 30.2. The molecule has 0 bridgehead atoms. The minimum absolute atomic E-state index is 0.0564. The molecule has 0 aliphatic rings. The van der Waals surface area contributed by atoms with E-state index in [1.54, 1.807) is 25.1 Å². The minimum atomic E-state index is -3.82. The first-order chi connectivity index (χ1) is 15.1. The molecule has 1 aromatic heterocycles. The molecule has 0 aliphatic carbocycles. The number of amides is 1. The maximum Gasteiger partial charge on any atom is 0.262 e. The summed E-state index contributed by atoms with van der Waals surface area (Å²) in [5, 5.41) is 8.39. The maximum absolute atomic E-state index is 13.0. The number of sulfonamides is 1. The number of thioether (sulfide) groups is 1. The van der Waals surface area contributed by atoms with Gasteiger partial charge in [-0.1, -0.05) is 23.4 Å². The third kappa shape index (κ3) is 5.67. The van der Waals surface area contributed by atoms with Crippen LogP contribution in [0, 0.1) is 0 Å². The Morgan fingerprint density at radius 2 is 1.97 bits per heavy atom. The highest BCUT2D eigenvalue weighted by Gasteiger charge is 2.20. The second-order valence-electron chi connectivity index (χ2n) is 6.82. The molecular formula is C20H21ClN4O5S2. The van der Waals surface area contributed by atoms with E-state index in [0.717, 1.165) is 11.8 Å². The number of halogens is 1. The highest BCUT2D eigenvalue weighted by atomic mass is 35.5. The van der Waals surface area contributed by atoms with Gasteiger partial charge in [0.2, 0.25) is 15.9 Å². The number of nitrogens with zero attached hydrogens (tertiary/aromatic N) is 2. The molecular weight excluding hydrogens is 476 g/mol. The molecule has 0 fully saturated rings. The van der Waals surface area contributed by atoms with Crippen molar-refractivity contribution < 1.29 is 17.9 Å². The van der Waals surface area contributed by atoms with Crippen LogP contribution in [0.2, 0.25) is 5.02 Å². The first kappa shape index (κ1) is 24.2. The van der Waals surface area contributed by atoms with Gasteiger partial charge in [0.25, 0.3) is 5.56 Å². The van der Waals surface area contributed by atoms with Gasteiger partial charge < -0.3 is 10.1 Å². The third-order valence-corrected chi connectivity index (χ3v) is 6.76. The van der Waals surface area contributed by atoms with Crippen LogP contribution in [0.25, 0.3) is 10.9 Å². The molecule has 170 valence electrons. The summed E-state index contributed by atoms with van der Waals surface area (Å²) in [5.74, 6) is -0.350. The summed E-state index contributed by atoms with van der Waals surface area (Å²) in [6.07, 6.45) is 0. The zero-order valence-electron chi connectivity index (χ0n) is 17.2. The molecule has 0 spiro atoms. The van der Waals surface area contributed by atoms with Gasteiger partial charge in [0.05, 0.1) is 34.2 Å². The summed E-state index contributed by atoms with van der Waals surface area (Å²) in [6.45, 7) is 2.24. The number of benzene rings is 2. The van der Waals surface area contributed by atoms with Crippen molar-refractivity contribution >= 4 is 55.9 Å². The van der Waals surface area contributed by atoms with Crippen LogP contribution in [0.15, 0.2) is 57.3 Å². The monoisotopic (exact) mass is 496 g/mol. The normalized spacial score (nSPS) is 12.6. The first-order valence-electron chi connectivity index (χ1n) is 9.39. The van der Waals surface area contributed by atoms with Crippen LogP contribution in [0.1, 0.15) is 6.92 Å². The van der Waals surface area contributed by atoms with Crippen LogP contribution < -0.4 is 16.0 Å². The van der Waals surface area contributed by atoms with Crippen LogP contribution in [-0.4, -0.2) is 42.8 Å². The molecule has 0 saturated heterocycles. The summed E-state index contributed by atoms with van der Waals surface area (Å²) in [5.41, 5.74) is 0.590. The molecule has 3 N–H and O–H groups in total. The number of hydrogen-bond donors (Lipinski definition) is 2. The van der Waals surface area contributed by atoms with Gasteiger partial charge in [-0.05, 0) is 49.4 Å². The molecule has 32 heavy (non-hydrogen) atoms. The number of carbonyl (C=O) groups is 1. The Morgan fingerprint density at radius 3 is 2.59 bits per heavy atom. The van der Waals surface area contributed by atoms with Crippen molar-refractivity contribution in [3.05, 3.63) is 57.8 Å². The smallest absolute Gasteiger partial charge is 0.262 e. The van der Waals surface area contributed by atoms with Crippen molar-refractivity contribution in [2.45, 2.75) is 28.8 Å². The van der Waals surface area contributed by atoms with Crippen LogP contribution in [0.3, 0.4) is 0 Å². The minimum Gasteiger partial charge on any atom is -0.383 e. The number of carbonyl (C=O) groups excluding carboxylic acids is 1. The summed E-state index contributed by atoms with van der Waals surface area (Å²) >= 11 is 7.16. The maximum atomic E-state index is 13.0. The number of anilines is 1. The average molecular weight is 497 g/mol. The standard InChI is InChI=1S/C20H21ClN4O5S2/c1-12(18(26)23-14-4-6-15(7-5-14)32(22,28)29)31-20-24-17-11-13(21)3-8-16(17)19(27)25(20)9-10-30-2/h3-8,11-12H,9-10H2,1-2H3,(H,23,26)(H2,22,28,29). The van der Waals surface area contributed by atoms with E-state index < -0.39 is 15.3 Å². The Bertz CT molecular complexity index is 1310. The van der Waals surface area contributed by atoms with Crippen LogP contribution in [0.4, 0.5) is 5.69 Å². The average Bonchev–Trinajstić information content (AvgIpc) is 2.73.